The fourth-order valence-electron chi connectivity index (χ4n) is 5.90. The van der Waals surface area contributed by atoms with Gasteiger partial charge in [0.1, 0.15) is 11.6 Å². The van der Waals surface area contributed by atoms with Gasteiger partial charge in [0.15, 0.2) is 5.11 Å². The first-order valence-corrected chi connectivity index (χ1v) is 14.2. The summed E-state index contributed by atoms with van der Waals surface area (Å²) in [6, 6.07) is 11.0. The fourth-order valence-corrected chi connectivity index (χ4v) is 6.07. The lowest BCUT2D eigenvalue weighted by molar-refractivity contribution is 0.355. The molecule has 36 heavy (non-hydrogen) atoms. The predicted octanol–water partition coefficient (Wildman–Crippen LogP) is 5.04. The second-order valence-electron chi connectivity index (χ2n) is 11.0. The van der Waals surface area contributed by atoms with Crippen molar-refractivity contribution in [3.05, 3.63) is 35.9 Å². The summed E-state index contributed by atoms with van der Waals surface area (Å²) in [4.78, 5) is 17.1. The summed E-state index contributed by atoms with van der Waals surface area (Å²) < 4.78 is 0. The molecule has 0 bridgehead atoms. The summed E-state index contributed by atoms with van der Waals surface area (Å²) in [7, 11) is 0. The van der Waals surface area contributed by atoms with Gasteiger partial charge in [0.25, 0.3) is 0 Å². The van der Waals surface area contributed by atoms with Gasteiger partial charge in [-0.1, -0.05) is 26.0 Å². The molecule has 194 valence electrons. The quantitative estimate of drug-likeness (QED) is 0.528. The molecule has 2 aromatic rings. The van der Waals surface area contributed by atoms with E-state index in [4.69, 9.17) is 22.2 Å². The standard InChI is InChI=1S/C28H41N7S/c1-21-16-22(2)20-35(19-21)26-17-25(34-14-4-3-5-15-34)30-27(31-26)32-28(36)29-18-23-8-10-24(11-9-23)33-12-6-7-13-33/h8-11,17,21-22H,3-7,12-16,18-20H2,1-2H3,(H2,29,30,31,32,36). The van der Waals surface area contributed by atoms with E-state index in [0.29, 0.717) is 29.4 Å². The number of hydrogen-bond donors (Lipinski definition) is 2. The van der Waals surface area contributed by atoms with Gasteiger partial charge >= 0.3 is 0 Å². The zero-order valence-corrected chi connectivity index (χ0v) is 22.7. The molecule has 0 radical (unpaired) electrons. The average molecular weight is 508 g/mol. The Morgan fingerprint density at radius 1 is 0.833 bits per heavy atom. The molecular weight excluding hydrogens is 466 g/mol. The SMILES string of the molecule is CC1CC(C)CN(c2cc(N3CCCCC3)nc(NC(=S)NCc3ccc(N4CCCC4)cc3)n2)C1. The maximum atomic E-state index is 5.65. The lowest BCUT2D eigenvalue weighted by Crippen LogP contribution is -2.40. The Morgan fingerprint density at radius 2 is 1.42 bits per heavy atom. The second kappa shape index (κ2) is 11.6. The number of anilines is 4. The number of hydrogen-bond acceptors (Lipinski definition) is 6. The molecule has 1 aromatic carbocycles. The van der Waals surface area contributed by atoms with Gasteiger partial charge in [-0.2, -0.15) is 9.97 Å². The first-order chi connectivity index (χ1) is 17.5. The van der Waals surface area contributed by atoms with Crippen molar-refractivity contribution in [1.82, 2.24) is 15.3 Å². The molecule has 2 unspecified atom stereocenters. The van der Waals surface area contributed by atoms with E-state index in [-0.39, 0.29) is 0 Å². The van der Waals surface area contributed by atoms with E-state index < -0.39 is 0 Å². The molecule has 0 spiro atoms. The number of rotatable bonds is 6. The summed E-state index contributed by atoms with van der Waals surface area (Å²) in [5.41, 5.74) is 2.52. The molecule has 2 atom stereocenters. The van der Waals surface area contributed by atoms with Crippen LogP contribution in [-0.2, 0) is 6.54 Å². The van der Waals surface area contributed by atoms with E-state index in [2.05, 4.69) is 69.5 Å². The zero-order valence-electron chi connectivity index (χ0n) is 21.9. The van der Waals surface area contributed by atoms with Crippen LogP contribution in [-0.4, -0.2) is 54.3 Å². The number of aromatic nitrogens is 2. The highest BCUT2D eigenvalue weighted by Gasteiger charge is 2.25. The summed E-state index contributed by atoms with van der Waals surface area (Å²) in [6.07, 6.45) is 7.60. The van der Waals surface area contributed by atoms with Crippen molar-refractivity contribution >= 4 is 40.6 Å². The van der Waals surface area contributed by atoms with E-state index in [1.165, 1.54) is 62.9 Å². The minimum atomic E-state index is 0.556. The Bertz CT molecular complexity index is 1010. The van der Waals surface area contributed by atoms with Gasteiger partial charge in [-0.3, -0.25) is 0 Å². The lowest BCUT2D eigenvalue weighted by Gasteiger charge is -2.36. The van der Waals surface area contributed by atoms with E-state index in [0.717, 1.165) is 37.8 Å². The van der Waals surface area contributed by atoms with E-state index in [9.17, 15) is 0 Å². The third-order valence-electron chi connectivity index (χ3n) is 7.66. The monoisotopic (exact) mass is 507 g/mol. The number of nitrogens with zero attached hydrogens (tertiary/aromatic N) is 5. The fraction of sp³-hybridized carbons (Fsp3) is 0.607. The molecule has 3 aliphatic heterocycles. The summed E-state index contributed by atoms with van der Waals surface area (Å²) in [5.74, 6) is 3.93. The van der Waals surface area contributed by atoms with Gasteiger partial charge in [0.05, 0.1) is 0 Å². The van der Waals surface area contributed by atoms with Gasteiger partial charge in [-0.15, -0.1) is 0 Å². The topological polar surface area (TPSA) is 59.6 Å². The first-order valence-electron chi connectivity index (χ1n) is 13.8. The van der Waals surface area contributed by atoms with Crippen LogP contribution in [0.25, 0.3) is 0 Å². The van der Waals surface area contributed by atoms with Crippen LogP contribution in [0.1, 0.15) is 57.9 Å². The van der Waals surface area contributed by atoms with Crippen molar-refractivity contribution in [2.45, 2.75) is 58.9 Å². The molecule has 3 saturated heterocycles. The Morgan fingerprint density at radius 3 is 2.08 bits per heavy atom. The molecule has 5 rings (SSSR count). The number of thiocarbonyl (C=S) groups is 1. The highest BCUT2D eigenvalue weighted by molar-refractivity contribution is 7.80. The minimum absolute atomic E-state index is 0.556. The van der Waals surface area contributed by atoms with Crippen molar-refractivity contribution in [2.24, 2.45) is 11.8 Å². The number of piperidine rings is 2. The molecule has 7 nitrogen and oxygen atoms in total. The van der Waals surface area contributed by atoms with E-state index in [1.807, 2.05) is 0 Å². The van der Waals surface area contributed by atoms with E-state index >= 15 is 0 Å². The molecule has 4 heterocycles. The van der Waals surface area contributed by atoms with Gasteiger partial charge in [0, 0.05) is 57.6 Å². The number of nitrogens with one attached hydrogen (secondary N) is 2. The normalized spacial score (nSPS) is 22.6. The Labute approximate surface area is 221 Å². The van der Waals surface area contributed by atoms with Crippen LogP contribution in [0.2, 0.25) is 0 Å². The highest BCUT2D eigenvalue weighted by Crippen LogP contribution is 2.29. The average Bonchev–Trinajstić information content (AvgIpc) is 3.43. The van der Waals surface area contributed by atoms with Crippen LogP contribution in [0, 0.1) is 11.8 Å². The molecule has 0 aliphatic carbocycles. The highest BCUT2D eigenvalue weighted by atomic mass is 32.1. The Kier molecular flexibility index (Phi) is 8.09. The molecule has 3 fully saturated rings. The number of benzene rings is 1. The van der Waals surface area contributed by atoms with Crippen LogP contribution >= 0.6 is 12.2 Å². The smallest absolute Gasteiger partial charge is 0.232 e. The van der Waals surface area contributed by atoms with Crippen molar-refractivity contribution in [1.29, 1.82) is 0 Å². The van der Waals surface area contributed by atoms with Crippen LogP contribution in [0.5, 0.6) is 0 Å². The lowest BCUT2D eigenvalue weighted by atomic mass is 9.92. The third-order valence-corrected chi connectivity index (χ3v) is 7.90. The Hall–Kier alpha value is -2.61. The van der Waals surface area contributed by atoms with Crippen LogP contribution in [0.4, 0.5) is 23.3 Å². The van der Waals surface area contributed by atoms with Gasteiger partial charge < -0.3 is 25.3 Å². The van der Waals surface area contributed by atoms with Crippen molar-refractivity contribution < 1.29 is 0 Å². The van der Waals surface area contributed by atoms with Crippen molar-refractivity contribution in [2.75, 3.05) is 59.3 Å². The zero-order chi connectivity index (χ0) is 24.9. The largest absolute Gasteiger partial charge is 0.372 e. The molecule has 2 N–H and O–H groups in total. The van der Waals surface area contributed by atoms with Gasteiger partial charge in [-0.05, 0) is 80.3 Å². The van der Waals surface area contributed by atoms with Gasteiger partial charge in [0.2, 0.25) is 5.95 Å². The molecule has 0 amide bonds. The third kappa shape index (κ3) is 6.38. The molecule has 1 aromatic heterocycles. The first kappa shape index (κ1) is 25.1. The predicted molar refractivity (Wildman–Crippen MR) is 154 cm³/mol. The van der Waals surface area contributed by atoms with Crippen LogP contribution in [0.15, 0.2) is 30.3 Å². The second-order valence-corrected chi connectivity index (χ2v) is 11.4. The Balaban J connectivity index is 1.25. The van der Waals surface area contributed by atoms with E-state index in [1.54, 1.807) is 0 Å². The van der Waals surface area contributed by atoms with Crippen LogP contribution in [0.3, 0.4) is 0 Å². The maximum Gasteiger partial charge on any atom is 0.232 e. The molecule has 3 aliphatic rings. The minimum Gasteiger partial charge on any atom is -0.372 e. The summed E-state index contributed by atoms with van der Waals surface area (Å²) >= 11 is 5.65. The molecular formula is C28H41N7S. The van der Waals surface area contributed by atoms with Crippen molar-refractivity contribution in [3.8, 4) is 0 Å². The summed E-state index contributed by atoms with van der Waals surface area (Å²) in [6.45, 7) is 11.9. The van der Waals surface area contributed by atoms with Crippen molar-refractivity contribution in [3.63, 3.8) is 0 Å². The van der Waals surface area contributed by atoms with Crippen LogP contribution < -0.4 is 25.3 Å². The van der Waals surface area contributed by atoms with Gasteiger partial charge in [-0.25, -0.2) is 0 Å². The summed E-state index contributed by atoms with van der Waals surface area (Å²) in [5, 5.41) is 7.19. The maximum absolute atomic E-state index is 5.65. The molecule has 8 heteroatoms. The molecule has 0 saturated carbocycles.